The SMILES string of the molecule is CC(C)=C(C(=O)O)C(C(C)(C)C)C(C)(C)[SiH2]O[SiH3]. The van der Waals surface area contributed by atoms with E-state index in [9.17, 15) is 9.90 Å². The van der Waals surface area contributed by atoms with Gasteiger partial charge in [-0.05, 0) is 24.3 Å². The van der Waals surface area contributed by atoms with E-state index in [1.165, 1.54) is 0 Å². The molecule has 0 aliphatic heterocycles. The first-order valence-electron chi connectivity index (χ1n) is 6.34. The van der Waals surface area contributed by atoms with Gasteiger partial charge in [-0.2, -0.15) is 0 Å². The average molecular weight is 289 g/mol. The van der Waals surface area contributed by atoms with E-state index < -0.39 is 15.7 Å². The second-order valence-electron chi connectivity index (χ2n) is 6.94. The van der Waals surface area contributed by atoms with Crippen molar-refractivity contribution in [1.82, 2.24) is 0 Å². The van der Waals surface area contributed by atoms with Crippen LogP contribution >= 0.6 is 0 Å². The van der Waals surface area contributed by atoms with Gasteiger partial charge >= 0.3 is 5.97 Å². The molecule has 1 unspecified atom stereocenters. The molecule has 0 aromatic heterocycles. The molecule has 0 rings (SSSR count). The van der Waals surface area contributed by atoms with Gasteiger partial charge in [-0.3, -0.25) is 0 Å². The van der Waals surface area contributed by atoms with Crippen LogP contribution in [0.1, 0.15) is 48.5 Å². The number of carboxylic acids is 1. The van der Waals surface area contributed by atoms with Crippen LogP contribution < -0.4 is 0 Å². The molecule has 0 spiro atoms. The van der Waals surface area contributed by atoms with Crippen LogP contribution in [0.2, 0.25) is 5.04 Å². The highest BCUT2D eigenvalue weighted by molar-refractivity contribution is 6.38. The molecule has 0 heterocycles. The van der Waals surface area contributed by atoms with Gasteiger partial charge < -0.3 is 9.22 Å². The van der Waals surface area contributed by atoms with Crippen molar-refractivity contribution >= 4 is 26.2 Å². The molecule has 0 radical (unpaired) electrons. The molecule has 0 bridgehead atoms. The molecule has 0 aliphatic carbocycles. The Hall–Kier alpha value is -0.396. The van der Waals surface area contributed by atoms with Gasteiger partial charge in [0.2, 0.25) is 0 Å². The zero-order chi connectivity index (χ0) is 14.7. The van der Waals surface area contributed by atoms with E-state index in [4.69, 9.17) is 4.12 Å². The van der Waals surface area contributed by atoms with Crippen molar-refractivity contribution in [3.63, 3.8) is 0 Å². The number of hydrogen-bond donors (Lipinski definition) is 1. The number of allylic oxidation sites excluding steroid dienone is 1. The van der Waals surface area contributed by atoms with E-state index in [0.29, 0.717) is 5.57 Å². The summed E-state index contributed by atoms with van der Waals surface area (Å²) >= 11 is 0. The zero-order valence-electron chi connectivity index (χ0n) is 13.0. The van der Waals surface area contributed by atoms with Crippen molar-refractivity contribution in [3.05, 3.63) is 11.1 Å². The molecular formula is C13H28O3Si2. The fraction of sp³-hybridized carbons (Fsp3) is 0.769. The van der Waals surface area contributed by atoms with Crippen molar-refractivity contribution in [2.45, 2.75) is 53.5 Å². The Kier molecular flexibility index (Phi) is 6.03. The third kappa shape index (κ3) is 4.37. The molecule has 18 heavy (non-hydrogen) atoms. The second-order valence-corrected chi connectivity index (χ2v) is 11.4. The van der Waals surface area contributed by atoms with Gasteiger partial charge in [-0.15, -0.1) is 0 Å². The molecule has 106 valence electrons. The fourth-order valence-electron chi connectivity index (χ4n) is 3.08. The second kappa shape index (κ2) is 6.17. The Morgan fingerprint density at radius 2 is 1.67 bits per heavy atom. The summed E-state index contributed by atoms with van der Waals surface area (Å²) in [7, 11) is 0.0189. The molecule has 0 aromatic rings. The fourth-order valence-corrected chi connectivity index (χ4v) is 7.04. The van der Waals surface area contributed by atoms with Crippen LogP contribution in [0.3, 0.4) is 0 Å². The van der Waals surface area contributed by atoms with Gasteiger partial charge in [0.1, 0.15) is 10.5 Å². The van der Waals surface area contributed by atoms with Crippen LogP contribution in [-0.2, 0) is 8.91 Å². The first-order chi connectivity index (χ1) is 7.95. The lowest BCUT2D eigenvalue weighted by molar-refractivity contribution is -0.134. The summed E-state index contributed by atoms with van der Waals surface area (Å²) in [6.07, 6.45) is 0. The third-order valence-corrected chi connectivity index (χ3v) is 5.53. The van der Waals surface area contributed by atoms with E-state index in [1.807, 2.05) is 13.8 Å². The zero-order valence-corrected chi connectivity index (χ0v) is 16.5. The van der Waals surface area contributed by atoms with Crippen LogP contribution in [0.4, 0.5) is 0 Å². The summed E-state index contributed by atoms with van der Waals surface area (Å²) in [6, 6.07) is 0. The molecule has 3 nitrogen and oxygen atoms in total. The van der Waals surface area contributed by atoms with Crippen molar-refractivity contribution < 1.29 is 14.0 Å². The van der Waals surface area contributed by atoms with E-state index in [1.54, 1.807) is 0 Å². The summed E-state index contributed by atoms with van der Waals surface area (Å²) < 4.78 is 5.55. The van der Waals surface area contributed by atoms with Gasteiger partial charge in [0.05, 0.1) is 0 Å². The highest BCUT2D eigenvalue weighted by Gasteiger charge is 2.43. The van der Waals surface area contributed by atoms with Crippen molar-refractivity contribution in [2.75, 3.05) is 0 Å². The molecule has 1 atom stereocenters. The van der Waals surface area contributed by atoms with Crippen LogP contribution in [0.25, 0.3) is 0 Å². The topological polar surface area (TPSA) is 46.5 Å². The number of carbonyl (C=O) groups is 1. The van der Waals surface area contributed by atoms with Crippen LogP contribution in [0.15, 0.2) is 11.1 Å². The molecule has 0 saturated carbocycles. The average Bonchev–Trinajstić information content (AvgIpc) is 2.09. The first kappa shape index (κ1) is 17.6. The number of rotatable bonds is 5. The molecule has 5 heteroatoms. The number of aliphatic carboxylic acids is 1. The van der Waals surface area contributed by atoms with Crippen LogP contribution in [-0.4, -0.2) is 31.3 Å². The van der Waals surface area contributed by atoms with Crippen molar-refractivity contribution in [2.24, 2.45) is 11.3 Å². The minimum Gasteiger partial charge on any atom is -0.478 e. The first-order valence-corrected chi connectivity index (χ1v) is 8.45. The normalized spacial score (nSPS) is 15.1. The van der Waals surface area contributed by atoms with Crippen molar-refractivity contribution in [1.29, 1.82) is 0 Å². The number of carboxylic acid groups (broad SMARTS) is 1. The maximum Gasteiger partial charge on any atom is 0.331 e. The van der Waals surface area contributed by atoms with Gasteiger partial charge in [-0.1, -0.05) is 40.2 Å². The van der Waals surface area contributed by atoms with E-state index in [-0.39, 0.29) is 16.4 Å². The van der Waals surface area contributed by atoms with E-state index in [2.05, 4.69) is 34.6 Å². The number of hydrogen-bond acceptors (Lipinski definition) is 2. The minimum absolute atomic E-state index is 0.0214. The quantitative estimate of drug-likeness (QED) is 0.618. The Morgan fingerprint density at radius 1 is 1.22 bits per heavy atom. The standard InChI is InChI=1S/C13H28O3Si2/c1-8(2)9(11(14)15)10(12(3,4)5)13(6,7)18-16-17/h10H,18H2,1-7,17H3,(H,14,15). The molecule has 0 aliphatic rings. The smallest absolute Gasteiger partial charge is 0.331 e. The van der Waals surface area contributed by atoms with Crippen LogP contribution in [0.5, 0.6) is 0 Å². The Bertz CT molecular complexity index is 337. The molecule has 0 amide bonds. The maximum atomic E-state index is 11.6. The highest BCUT2D eigenvalue weighted by Crippen LogP contribution is 2.49. The summed E-state index contributed by atoms with van der Waals surface area (Å²) in [5.41, 5.74) is 1.39. The lowest BCUT2D eigenvalue weighted by Crippen LogP contribution is -2.38. The predicted octanol–water partition coefficient (Wildman–Crippen LogP) is 1.65. The van der Waals surface area contributed by atoms with Gasteiger partial charge in [0, 0.05) is 11.5 Å². The minimum atomic E-state index is -0.787. The summed E-state index contributed by atoms with van der Waals surface area (Å²) in [6.45, 7) is 14.4. The van der Waals surface area contributed by atoms with E-state index in [0.717, 1.165) is 16.1 Å². The Morgan fingerprint density at radius 3 is 1.89 bits per heavy atom. The molecule has 0 aromatic carbocycles. The van der Waals surface area contributed by atoms with Gasteiger partial charge in [-0.25, -0.2) is 4.79 Å². The third-order valence-electron chi connectivity index (χ3n) is 3.22. The highest BCUT2D eigenvalue weighted by atomic mass is 28.3. The van der Waals surface area contributed by atoms with Crippen molar-refractivity contribution in [3.8, 4) is 0 Å². The molecule has 0 saturated heterocycles. The Labute approximate surface area is 116 Å². The monoisotopic (exact) mass is 288 g/mol. The molecule has 0 fully saturated rings. The Balaban J connectivity index is 5.81. The van der Waals surface area contributed by atoms with Gasteiger partial charge in [0.25, 0.3) is 0 Å². The largest absolute Gasteiger partial charge is 0.478 e. The molecule has 1 N–H and O–H groups in total. The lowest BCUT2D eigenvalue weighted by atomic mass is 9.68. The van der Waals surface area contributed by atoms with E-state index >= 15 is 0 Å². The summed E-state index contributed by atoms with van der Waals surface area (Å²) in [5, 5.41) is 9.48. The van der Waals surface area contributed by atoms with Crippen LogP contribution in [0, 0.1) is 11.3 Å². The van der Waals surface area contributed by atoms with Gasteiger partial charge in [0.15, 0.2) is 9.76 Å². The summed E-state index contributed by atoms with van der Waals surface area (Å²) in [5.74, 6) is -0.765. The molecular weight excluding hydrogens is 260 g/mol. The summed E-state index contributed by atoms with van der Waals surface area (Å²) in [4.78, 5) is 11.6. The maximum absolute atomic E-state index is 11.6. The lowest BCUT2D eigenvalue weighted by Gasteiger charge is -2.43. The predicted molar refractivity (Wildman–Crippen MR) is 82.6 cm³/mol.